The van der Waals surface area contributed by atoms with Gasteiger partial charge in [0, 0.05) is 17.3 Å². The molecule has 1 amide bonds. The molecule has 0 unspecified atom stereocenters. The third kappa shape index (κ3) is 4.47. The highest BCUT2D eigenvalue weighted by atomic mass is 16.6. The van der Waals surface area contributed by atoms with Crippen molar-refractivity contribution in [2.75, 3.05) is 25.6 Å². The van der Waals surface area contributed by atoms with Crippen LogP contribution in [-0.4, -0.2) is 26.2 Å². The Labute approximate surface area is 157 Å². The minimum atomic E-state index is -0.501. The van der Waals surface area contributed by atoms with E-state index in [1.165, 1.54) is 6.08 Å². The first-order chi connectivity index (χ1) is 13.2. The molecule has 0 fully saturated rings. The standard InChI is InChI=1S/C21H18N2O4/c1-25-18-8-3-2-5-15(18)6-4-7-16(14-22)21(24)23-17-9-10-19-20(13-17)27-12-11-26-19/h2-10,13H,11-12H2,1H3,(H,23,24)/b6-4+,16-7+. The molecule has 0 bridgehead atoms. The van der Waals surface area contributed by atoms with Crippen LogP contribution in [-0.2, 0) is 4.79 Å². The van der Waals surface area contributed by atoms with E-state index in [4.69, 9.17) is 14.2 Å². The third-order valence-corrected chi connectivity index (χ3v) is 3.84. The number of methoxy groups -OCH3 is 1. The molecule has 0 saturated heterocycles. The summed E-state index contributed by atoms with van der Waals surface area (Å²) in [5, 5.41) is 12.0. The van der Waals surface area contributed by atoms with Gasteiger partial charge in [-0.3, -0.25) is 4.79 Å². The Balaban J connectivity index is 1.71. The van der Waals surface area contributed by atoms with Crippen LogP contribution in [0.1, 0.15) is 5.56 Å². The number of nitrogens with zero attached hydrogens (tertiary/aromatic N) is 1. The summed E-state index contributed by atoms with van der Waals surface area (Å²) in [7, 11) is 1.59. The lowest BCUT2D eigenvalue weighted by atomic mass is 10.1. The Morgan fingerprint density at radius 3 is 2.74 bits per heavy atom. The zero-order valence-electron chi connectivity index (χ0n) is 14.8. The molecule has 2 aromatic rings. The van der Waals surface area contributed by atoms with Crippen molar-refractivity contribution >= 4 is 17.7 Å². The molecule has 0 aliphatic carbocycles. The van der Waals surface area contributed by atoms with Crippen LogP contribution in [0, 0.1) is 11.3 Å². The zero-order valence-corrected chi connectivity index (χ0v) is 14.8. The number of carbonyl (C=O) groups is 1. The molecule has 136 valence electrons. The third-order valence-electron chi connectivity index (χ3n) is 3.84. The first-order valence-electron chi connectivity index (χ1n) is 8.34. The van der Waals surface area contributed by atoms with Crippen LogP contribution >= 0.6 is 0 Å². The van der Waals surface area contributed by atoms with Crippen LogP contribution in [0.5, 0.6) is 17.2 Å². The van der Waals surface area contributed by atoms with Crippen molar-refractivity contribution in [3.05, 3.63) is 65.8 Å². The summed E-state index contributed by atoms with van der Waals surface area (Å²) in [6.07, 6.45) is 4.87. The van der Waals surface area contributed by atoms with Crippen molar-refractivity contribution in [1.29, 1.82) is 5.26 Å². The largest absolute Gasteiger partial charge is 0.496 e. The van der Waals surface area contributed by atoms with Gasteiger partial charge in [-0.2, -0.15) is 5.26 Å². The van der Waals surface area contributed by atoms with Crippen molar-refractivity contribution < 1.29 is 19.0 Å². The molecule has 6 nitrogen and oxygen atoms in total. The number of ether oxygens (including phenoxy) is 3. The van der Waals surface area contributed by atoms with Crippen LogP contribution in [0.25, 0.3) is 6.08 Å². The summed E-state index contributed by atoms with van der Waals surface area (Å²) in [6.45, 7) is 0.958. The molecule has 0 saturated carbocycles. The monoisotopic (exact) mass is 362 g/mol. The topological polar surface area (TPSA) is 80.6 Å². The number of anilines is 1. The Morgan fingerprint density at radius 1 is 1.19 bits per heavy atom. The van der Waals surface area contributed by atoms with E-state index in [2.05, 4.69) is 5.32 Å². The second-order valence-electron chi connectivity index (χ2n) is 5.61. The SMILES string of the molecule is COc1ccccc1/C=C/C=C(\C#N)C(=O)Nc1ccc2c(c1)OCCO2. The van der Waals surface area contributed by atoms with Gasteiger partial charge in [0.15, 0.2) is 11.5 Å². The van der Waals surface area contributed by atoms with Gasteiger partial charge in [0.2, 0.25) is 0 Å². The molecule has 1 aliphatic rings. The van der Waals surface area contributed by atoms with Gasteiger partial charge in [-0.15, -0.1) is 0 Å². The lowest BCUT2D eigenvalue weighted by molar-refractivity contribution is -0.112. The number of nitriles is 1. The van der Waals surface area contributed by atoms with Crippen molar-refractivity contribution in [1.82, 2.24) is 0 Å². The molecule has 3 rings (SSSR count). The first kappa shape index (κ1) is 18.1. The molecule has 6 heteroatoms. The van der Waals surface area contributed by atoms with Crippen molar-refractivity contribution in [3.63, 3.8) is 0 Å². The second kappa shape index (κ2) is 8.59. The number of nitrogens with one attached hydrogen (secondary N) is 1. The quantitative estimate of drug-likeness (QED) is 0.500. The molecule has 0 radical (unpaired) electrons. The number of hydrogen-bond donors (Lipinski definition) is 1. The van der Waals surface area contributed by atoms with E-state index >= 15 is 0 Å². The number of hydrogen-bond acceptors (Lipinski definition) is 5. The van der Waals surface area contributed by atoms with Crippen LogP contribution in [0.15, 0.2) is 60.2 Å². The normalized spacial score (nSPS) is 13.1. The molecule has 1 aliphatic heterocycles. The highest BCUT2D eigenvalue weighted by Gasteiger charge is 2.14. The molecule has 0 aromatic heterocycles. The summed E-state index contributed by atoms with van der Waals surface area (Å²) >= 11 is 0. The van der Waals surface area contributed by atoms with Gasteiger partial charge in [0.05, 0.1) is 7.11 Å². The van der Waals surface area contributed by atoms with Gasteiger partial charge in [-0.25, -0.2) is 0 Å². The molecule has 0 atom stereocenters. The van der Waals surface area contributed by atoms with Gasteiger partial charge in [0.1, 0.15) is 30.6 Å². The van der Waals surface area contributed by atoms with Crippen LogP contribution in [0.2, 0.25) is 0 Å². The maximum Gasteiger partial charge on any atom is 0.266 e. The first-order valence-corrected chi connectivity index (χ1v) is 8.34. The van der Waals surface area contributed by atoms with Gasteiger partial charge in [0.25, 0.3) is 5.91 Å². The molecule has 0 spiro atoms. The predicted molar refractivity (Wildman–Crippen MR) is 102 cm³/mol. The number of benzene rings is 2. The van der Waals surface area contributed by atoms with Crippen molar-refractivity contribution in [2.45, 2.75) is 0 Å². The number of rotatable bonds is 5. The van der Waals surface area contributed by atoms with Gasteiger partial charge in [-0.05, 0) is 24.3 Å². The van der Waals surface area contributed by atoms with Crippen molar-refractivity contribution in [2.24, 2.45) is 0 Å². The number of para-hydroxylation sites is 1. The van der Waals surface area contributed by atoms with E-state index in [0.29, 0.717) is 36.1 Å². The second-order valence-corrected chi connectivity index (χ2v) is 5.61. The van der Waals surface area contributed by atoms with Gasteiger partial charge < -0.3 is 19.5 Å². The molecule has 2 aromatic carbocycles. The maximum atomic E-state index is 12.3. The fourth-order valence-electron chi connectivity index (χ4n) is 2.54. The zero-order chi connectivity index (χ0) is 19.1. The Bertz CT molecular complexity index is 941. The number of fused-ring (bicyclic) bond motifs is 1. The number of amides is 1. The van der Waals surface area contributed by atoms with Gasteiger partial charge >= 0.3 is 0 Å². The van der Waals surface area contributed by atoms with E-state index in [-0.39, 0.29) is 5.57 Å². The predicted octanol–water partition coefficient (Wildman–Crippen LogP) is 3.57. The van der Waals surface area contributed by atoms with Gasteiger partial charge in [-0.1, -0.05) is 30.4 Å². The lowest BCUT2D eigenvalue weighted by Crippen LogP contribution is -2.17. The highest BCUT2D eigenvalue weighted by molar-refractivity contribution is 6.07. The number of allylic oxidation sites excluding steroid dienone is 2. The summed E-state index contributed by atoms with van der Waals surface area (Å²) in [5.41, 5.74) is 1.36. The Hall–Kier alpha value is -3.72. The Kier molecular flexibility index (Phi) is 5.75. The van der Waals surface area contributed by atoms with Crippen molar-refractivity contribution in [3.8, 4) is 23.3 Å². The summed E-state index contributed by atoms with van der Waals surface area (Å²) in [4.78, 5) is 12.3. The molecule has 1 heterocycles. The fraction of sp³-hybridized carbons (Fsp3) is 0.143. The summed E-state index contributed by atoms with van der Waals surface area (Å²) < 4.78 is 16.2. The summed E-state index contributed by atoms with van der Waals surface area (Å²) in [5.74, 6) is 1.41. The number of carbonyl (C=O) groups excluding carboxylic acids is 1. The molecular formula is C21H18N2O4. The minimum absolute atomic E-state index is 0.0176. The fourth-order valence-corrected chi connectivity index (χ4v) is 2.54. The lowest BCUT2D eigenvalue weighted by Gasteiger charge is -2.18. The van der Waals surface area contributed by atoms with Crippen LogP contribution < -0.4 is 19.5 Å². The van der Waals surface area contributed by atoms with Crippen LogP contribution in [0.3, 0.4) is 0 Å². The smallest absolute Gasteiger partial charge is 0.266 e. The maximum absolute atomic E-state index is 12.3. The van der Waals surface area contributed by atoms with E-state index in [9.17, 15) is 10.1 Å². The molecular weight excluding hydrogens is 344 g/mol. The minimum Gasteiger partial charge on any atom is -0.496 e. The van der Waals surface area contributed by atoms with E-state index in [0.717, 1.165) is 5.56 Å². The Morgan fingerprint density at radius 2 is 1.96 bits per heavy atom. The highest BCUT2D eigenvalue weighted by Crippen LogP contribution is 2.32. The van der Waals surface area contributed by atoms with E-state index < -0.39 is 5.91 Å². The van der Waals surface area contributed by atoms with E-state index in [1.807, 2.05) is 30.3 Å². The molecule has 27 heavy (non-hydrogen) atoms. The average molecular weight is 362 g/mol. The summed E-state index contributed by atoms with van der Waals surface area (Å²) in [6, 6.07) is 14.5. The molecule has 1 N–H and O–H groups in total. The van der Waals surface area contributed by atoms with Crippen LogP contribution in [0.4, 0.5) is 5.69 Å². The average Bonchev–Trinajstić information content (AvgIpc) is 2.71. The van der Waals surface area contributed by atoms with E-state index in [1.54, 1.807) is 37.5 Å².